The van der Waals surface area contributed by atoms with Crippen LogP contribution in [0.5, 0.6) is 0 Å². The van der Waals surface area contributed by atoms with Gasteiger partial charge in [0.2, 0.25) is 0 Å². The fraction of sp³-hybridized carbons (Fsp3) is 0.0345. The summed E-state index contributed by atoms with van der Waals surface area (Å²) < 4.78 is 6.84. The molecule has 0 saturated heterocycles. The van der Waals surface area contributed by atoms with E-state index in [0.29, 0.717) is 5.82 Å². The van der Waals surface area contributed by atoms with E-state index in [-0.39, 0.29) is 5.41 Å². The fourth-order valence-electron chi connectivity index (χ4n) is 9.78. The van der Waals surface area contributed by atoms with Gasteiger partial charge >= 0.3 is 0 Å². The van der Waals surface area contributed by atoms with Crippen molar-refractivity contribution in [2.75, 3.05) is 0 Å². The number of rotatable bonds is 6. The van der Waals surface area contributed by atoms with Crippen LogP contribution in [-0.4, -0.2) is 9.97 Å². The van der Waals surface area contributed by atoms with E-state index in [1.54, 1.807) is 0 Å². The van der Waals surface area contributed by atoms with E-state index >= 15 is 0 Å². The van der Waals surface area contributed by atoms with Crippen LogP contribution in [0.4, 0.5) is 0 Å². The highest BCUT2D eigenvalue weighted by Gasteiger charge is 2.41. The molecule has 1 atom stereocenters. The summed E-state index contributed by atoms with van der Waals surface area (Å²) >= 11 is 0. The summed E-state index contributed by atoms with van der Waals surface area (Å²) in [6, 6.07) is 75.7. The van der Waals surface area contributed by atoms with Crippen LogP contribution in [0.25, 0.3) is 100.0 Å². The third kappa shape index (κ3) is 5.58. The Labute approximate surface area is 354 Å². The summed E-state index contributed by atoms with van der Waals surface area (Å²) in [5.74, 6) is 0.690. The van der Waals surface area contributed by atoms with Crippen LogP contribution in [0.1, 0.15) is 23.6 Å². The second-order valence-electron chi connectivity index (χ2n) is 16.2. The molecule has 3 heteroatoms. The second-order valence-corrected chi connectivity index (χ2v) is 16.2. The van der Waals surface area contributed by atoms with Crippen LogP contribution < -0.4 is 0 Å². The Morgan fingerprint density at radius 1 is 0.410 bits per heavy atom. The standard InChI is InChI=1S/C58H38N2O/c1-58(43-25-9-4-10-26-43)49-29-14-13-27-46(49)54-47(28-16-30-50(54)58)52-36-51(59-57(60-52)38-19-7-3-8-20-38)42-24-15-23-41(33-42)44-31-32-45(37-17-5-2-6-18-37)56-55(44)48-34-39-21-11-12-22-40(39)35-53(48)61-56/h2-36H,1H3. The Morgan fingerprint density at radius 3 is 1.80 bits per heavy atom. The topological polar surface area (TPSA) is 38.9 Å². The summed E-state index contributed by atoms with van der Waals surface area (Å²) in [5, 5.41) is 4.55. The molecule has 0 saturated carbocycles. The van der Waals surface area contributed by atoms with E-state index in [4.69, 9.17) is 14.4 Å². The molecule has 9 aromatic carbocycles. The lowest BCUT2D eigenvalue weighted by molar-refractivity contribution is 0.670. The third-order valence-electron chi connectivity index (χ3n) is 12.8. The molecule has 0 amide bonds. The van der Waals surface area contributed by atoms with Gasteiger partial charge in [-0.3, -0.25) is 0 Å². The zero-order valence-electron chi connectivity index (χ0n) is 33.5. The minimum Gasteiger partial charge on any atom is -0.455 e. The van der Waals surface area contributed by atoms with Gasteiger partial charge in [-0.2, -0.15) is 0 Å². The van der Waals surface area contributed by atoms with E-state index in [9.17, 15) is 0 Å². The molecule has 1 unspecified atom stereocenters. The first-order valence-corrected chi connectivity index (χ1v) is 20.9. The van der Waals surface area contributed by atoms with Gasteiger partial charge in [-0.1, -0.05) is 182 Å². The molecule has 1 aliphatic carbocycles. The molecule has 0 bridgehead atoms. The molecular formula is C58H38N2O. The van der Waals surface area contributed by atoms with Crippen molar-refractivity contribution in [3.63, 3.8) is 0 Å². The van der Waals surface area contributed by atoms with Crippen molar-refractivity contribution in [3.05, 3.63) is 229 Å². The molecule has 2 aromatic heterocycles. The highest BCUT2D eigenvalue weighted by Crippen LogP contribution is 2.55. The first-order chi connectivity index (χ1) is 30.1. The van der Waals surface area contributed by atoms with Gasteiger partial charge in [-0.25, -0.2) is 9.97 Å². The lowest BCUT2D eigenvalue weighted by Crippen LogP contribution is -2.22. The van der Waals surface area contributed by atoms with Crippen LogP contribution in [0.15, 0.2) is 217 Å². The SMILES string of the molecule is CC1(c2ccccc2)c2ccccc2-c2c(-c3cc(-c4cccc(-c5ccc(-c6ccccc6)c6oc7cc8ccccc8cc7c56)c4)nc(-c4ccccc4)n3)cccc21. The van der Waals surface area contributed by atoms with Gasteiger partial charge in [0.15, 0.2) is 5.82 Å². The largest absolute Gasteiger partial charge is 0.455 e. The predicted octanol–water partition coefficient (Wildman–Crippen LogP) is 15.2. The van der Waals surface area contributed by atoms with Crippen LogP contribution in [0, 0.1) is 0 Å². The molecule has 0 N–H and O–H groups in total. The first-order valence-electron chi connectivity index (χ1n) is 20.9. The molecule has 3 nitrogen and oxygen atoms in total. The van der Waals surface area contributed by atoms with Gasteiger partial charge in [0.05, 0.1) is 11.4 Å². The van der Waals surface area contributed by atoms with Crippen molar-refractivity contribution in [3.8, 4) is 67.3 Å². The minimum atomic E-state index is -0.319. The van der Waals surface area contributed by atoms with Gasteiger partial charge in [-0.15, -0.1) is 0 Å². The maximum Gasteiger partial charge on any atom is 0.160 e. The van der Waals surface area contributed by atoms with Gasteiger partial charge in [0, 0.05) is 38.4 Å². The highest BCUT2D eigenvalue weighted by atomic mass is 16.3. The third-order valence-corrected chi connectivity index (χ3v) is 12.8. The molecule has 0 spiro atoms. The van der Waals surface area contributed by atoms with Crippen molar-refractivity contribution in [1.29, 1.82) is 0 Å². The molecule has 1 aliphatic rings. The van der Waals surface area contributed by atoms with E-state index < -0.39 is 0 Å². The maximum atomic E-state index is 6.84. The maximum absolute atomic E-state index is 6.84. The fourth-order valence-corrected chi connectivity index (χ4v) is 9.78. The summed E-state index contributed by atoms with van der Waals surface area (Å²) in [4.78, 5) is 10.7. The van der Waals surface area contributed by atoms with Gasteiger partial charge in [0.1, 0.15) is 11.2 Å². The molecule has 0 radical (unpaired) electrons. The van der Waals surface area contributed by atoms with Crippen molar-refractivity contribution in [2.45, 2.75) is 12.3 Å². The highest BCUT2D eigenvalue weighted by molar-refractivity contribution is 6.18. The molecule has 11 aromatic rings. The first kappa shape index (κ1) is 35.1. The molecule has 286 valence electrons. The number of benzene rings is 9. The van der Waals surface area contributed by atoms with Gasteiger partial charge in [-0.05, 0) is 92.5 Å². The Morgan fingerprint density at radius 2 is 1.00 bits per heavy atom. The normalized spacial score (nSPS) is 14.4. The number of furan rings is 1. The molecule has 0 aliphatic heterocycles. The Bertz CT molecular complexity index is 3480. The van der Waals surface area contributed by atoms with Crippen LogP contribution in [0.3, 0.4) is 0 Å². The van der Waals surface area contributed by atoms with Crippen LogP contribution >= 0.6 is 0 Å². The van der Waals surface area contributed by atoms with E-state index in [1.165, 1.54) is 33.2 Å². The molecular weight excluding hydrogens is 741 g/mol. The summed E-state index contributed by atoms with van der Waals surface area (Å²) in [6.45, 7) is 2.36. The zero-order valence-corrected chi connectivity index (χ0v) is 33.5. The van der Waals surface area contributed by atoms with Crippen LogP contribution in [0.2, 0.25) is 0 Å². The van der Waals surface area contributed by atoms with Gasteiger partial charge < -0.3 is 4.42 Å². The van der Waals surface area contributed by atoms with E-state index in [0.717, 1.165) is 77.7 Å². The number of hydrogen-bond acceptors (Lipinski definition) is 3. The van der Waals surface area contributed by atoms with Gasteiger partial charge in [0.25, 0.3) is 0 Å². The summed E-state index contributed by atoms with van der Waals surface area (Å²) in [6.07, 6.45) is 0. The minimum absolute atomic E-state index is 0.319. The smallest absolute Gasteiger partial charge is 0.160 e. The Hall–Kier alpha value is -7.88. The van der Waals surface area contributed by atoms with Crippen LogP contribution in [-0.2, 0) is 5.41 Å². The van der Waals surface area contributed by atoms with E-state index in [1.807, 2.05) is 6.07 Å². The molecule has 12 rings (SSSR count). The number of fused-ring (bicyclic) bond motifs is 7. The summed E-state index contributed by atoms with van der Waals surface area (Å²) in [7, 11) is 0. The number of aromatic nitrogens is 2. The predicted molar refractivity (Wildman–Crippen MR) is 251 cm³/mol. The number of hydrogen-bond donors (Lipinski definition) is 0. The molecule has 2 heterocycles. The van der Waals surface area contributed by atoms with Crippen molar-refractivity contribution in [2.24, 2.45) is 0 Å². The molecule has 61 heavy (non-hydrogen) atoms. The average molecular weight is 779 g/mol. The lowest BCUT2D eigenvalue weighted by Gasteiger charge is -2.28. The monoisotopic (exact) mass is 778 g/mol. The van der Waals surface area contributed by atoms with Crippen molar-refractivity contribution in [1.82, 2.24) is 9.97 Å². The second kappa shape index (κ2) is 13.9. The lowest BCUT2D eigenvalue weighted by atomic mass is 9.74. The Kier molecular flexibility index (Phi) is 7.98. The van der Waals surface area contributed by atoms with E-state index in [2.05, 4.69) is 213 Å². The number of nitrogens with zero attached hydrogens (tertiary/aromatic N) is 2. The van der Waals surface area contributed by atoms with Crippen molar-refractivity contribution < 1.29 is 4.42 Å². The average Bonchev–Trinajstić information content (AvgIpc) is 3.84. The molecule has 0 fully saturated rings. The summed E-state index contributed by atoms with van der Waals surface area (Å²) in [5.41, 5.74) is 17.0. The zero-order chi connectivity index (χ0) is 40.5. The van der Waals surface area contributed by atoms with Crippen molar-refractivity contribution >= 4 is 32.7 Å². The quantitative estimate of drug-likeness (QED) is 0.169. The Balaban J connectivity index is 1.06.